The highest BCUT2D eigenvalue weighted by Gasteiger charge is 2.43. The van der Waals surface area contributed by atoms with Gasteiger partial charge >= 0.3 is 6.03 Å². The van der Waals surface area contributed by atoms with Crippen LogP contribution in [-0.4, -0.2) is 24.5 Å². The minimum absolute atomic E-state index is 0.138. The number of hydrogen-bond acceptors (Lipinski definition) is 4. The molecule has 1 heterocycles. The van der Waals surface area contributed by atoms with Crippen LogP contribution in [0.5, 0.6) is 5.75 Å². The van der Waals surface area contributed by atoms with E-state index in [1.807, 2.05) is 32.0 Å². The molecule has 0 aromatic heterocycles. The number of ether oxygens (including phenoxy) is 1. The summed E-state index contributed by atoms with van der Waals surface area (Å²) >= 11 is 0. The molecule has 2 aromatic rings. The lowest BCUT2D eigenvalue weighted by Gasteiger charge is -2.21. The molecule has 0 unspecified atom stereocenters. The molecule has 7 nitrogen and oxygen atoms in total. The zero-order valence-electron chi connectivity index (χ0n) is 15.4. The Balaban J connectivity index is 1.65. The quantitative estimate of drug-likeness (QED) is 0.707. The number of aryl methyl sites for hydroxylation is 2. The lowest BCUT2D eigenvalue weighted by molar-refractivity contribution is -0.123. The highest BCUT2D eigenvalue weighted by molar-refractivity contribution is 6.07. The van der Waals surface area contributed by atoms with Gasteiger partial charge in [-0.2, -0.15) is 0 Å². The SMILES string of the molecule is Cc1ccc(OCC(=O)Nc2cccc([C@]3(C)NC(=O)NC3=O)c2)cc1C. The minimum Gasteiger partial charge on any atom is -0.484 e. The minimum atomic E-state index is -1.17. The van der Waals surface area contributed by atoms with Gasteiger partial charge < -0.3 is 15.4 Å². The fraction of sp³-hybridized carbons (Fsp3) is 0.250. The zero-order valence-corrected chi connectivity index (χ0v) is 15.4. The van der Waals surface area contributed by atoms with Crippen LogP contribution in [0, 0.1) is 13.8 Å². The van der Waals surface area contributed by atoms with Crippen molar-refractivity contribution in [3.63, 3.8) is 0 Å². The van der Waals surface area contributed by atoms with E-state index in [-0.39, 0.29) is 12.5 Å². The average molecular weight is 367 g/mol. The first-order valence-electron chi connectivity index (χ1n) is 8.52. The predicted octanol–water partition coefficient (Wildman–Crippen LogP) is 2.38. The number of nitrogens with one attached hydrogen (secondary N) is 3. The Hall–Kier alpha value is -3.35. The molecule has 3 N–H and O–H groups in total. The van der Waals surface area contributed by atoms with Gasteiger partial charge in [0.1, 0.15) is 11.3 Å². The number of carbonyl (C=O) groups excluding carboxylic acids is 3. The number of urea groups is 1. The number of hydrogen-bond donors (Lipinski definition) is 3. The number of carbonyl (C=O) groups is 3. The summed E-state index contributed by atoms with van der Waals surface area (Å²) in [5.41, 5.74) is 2.15. The smallest absolute Gasteiger partial charge is 0.322 e. The van der Waals surface area contributed by atoms with Gasteiger partial charge in [-0.25, -0.2) is 4.79 Å². The van der Waals surface area contributed by atoms with Gasteiger partial charge in [0.2, 0.25) is 0 Å². The van der Waals surface area contributed by atoms with Gasteiger partial charge in [0.25, 0.3) is 11.8 Å². The van der Waals surface area contributed by atoms with Gasteiger partial charge in [0, 0.05) is 5.69 Å². The second-order valence-electron chi connectivity index (χ2n) is 6.70. The van der Waals surface area contributed by atoms with Gasteiger partial charge in [0.05, 0.1) is 0 Å². The third-order valence-electron chi connectivity index (χ3n) is 4.62. The molecule has 0 spiro atoms. The first-order chi connectivity index (χ1) is 12.8. The fourth-order valence-electron chi connectivity index (χ4n) is 2.80. The summed E-state index contributed by atoms with van der Waals surface area (Å²) in [6, 6.07) is 11.9. The fourth-order valence-corrected chi connectivity index (χ4v) is 2.80. The van der Waals surface area contributed by atoms with Crippen LogP contribution in [0.2, 0.25) is 0 Å². The normalized spacial score (nSPS) is 18.6. The van der Waals surface area contributed by atoms with E-state index in [1.54, 1.807) is 31.2 Å². The van der Waals surface area contributed by atoms with Crippen molar-refractivity contribution in [2.45, 2.75) is 26.3 Å². The molecule has 1 aliphatic rings. The summed E-state index contributed by atoms with van der Waals surface area (Å²) in [5, 5.41) is 7.55. The van der Waals surface area contributed by atoms with E-state index in [4.69, 9.17) is 4.74 Å². The topological polar surface area (TPSA) is 96.5 Å². The van der Waals surface area contributed by atoms with E-state index in [9.17, 15) is 14.4 Å². The lowest BCUT2D eigenvalue weighted by Crippen LogP contribution is -2.40. The maximum atomic E-state index is 12.2. The Morgan fingerprint density at radius 1 is 1.11 bits per heavy atom. The molecular weight excluding hydrogens is 346 g/mol. The largest absolute Gasteiger partial charge is 0.484 e. The van der Waals surface area contributed by atoms with Crippen LogP contribution in [0.3, 0.4) is 0 Å². The lowest BCUT2D eigenvalue weighted by atomic mass is 9.92. The molecule has 0 aliphatic carbocycles. The van der Waals surface area contributed by atoms with Gasteiger partial charge in [-0.15, -0.1) is 0 Å². The predicted molar refractivity (Wildman–Crippen MR) is 101 cm³/mol. The van der Waals surface area contributed by atoms with Gasteiger partial charge in [0.15, 0.2) is 6.61 Å². The van der Waals surface area contributed by atoms with E-state index in [2.05, 4.69) is 16.0 Å². The molecular formula is C20H21N3O4. The number of benzene rings is 2. The third kappa shape index (κ3) is 3.92. The van der Waals surface area contributed by atoms with Crippen LogP contribution < -0.4 is 20.7 Å². The van der Waals surface area contributed by atoms with Gasteiger partial charge in [-0.05, 0) is 61.7 Å². The highest BCUT2D eigenvalue weighted by Crippen LogP contribution is 2.26. The van der Waals surface area contributed by atoms with Crippen LogP contribution in [0.4, 0.5) is 10.5 Å². The van der Waals surface area contributed by atoms with Crippen LogP contribution in [0.1, 0.15) is 23.6 Å². The van der Waals surface area contributed by atoms with E-state index in [0.29, 0.717) is 17.0 Å². The summed E-state index contributed by atoms with van der Waals surface area (Å²) in [7, 11) is 0. The summed E-state index contributed by atoms with van der Waals surface area (Å²) in [4.78, 5) is 35.7. The second-order valence-corrected chi connectivity index (χ2v) is 6.70. The average Bonchev–Trinajstić information content (AvgIpc) is 2.89. The maximum absolute atomic E-state index is 12.2. The molecule has 1 saturated heterocycles. The van der Waals surface area contributed by atoms with E-state index in [0.717, 1.165) is 11.1 Å². The molecule has 4 amide bonds. The summed E-state index contributed by atoms with van der Waals surface area (Å²) < 4.78 is 5.52. The molecule has 2 aromatic carbocycles. The standard InChI is InChI=1S/C20H21N3O4/c1-12-7-8-16(9-13(12)2)27-11-17(24)21-15-6-4-5-14(10-15)20(3)18(25)22-19(26)23-20/h4-10H,11H2,1-3H3,(H,21,24)(H2,22,23,25,26)/t20-/m0/s1. The third-order valence-corrected chi connectivity index (χ3v) is 4.62. The van der Waals surface area contributed by atoms with E-state index < -0.39 is 17.5 Å². The molecule has 0 radical (unpaired) electrons. The molecule has 1 aliphatic heterocycles. The molecule has 27 heavy (non-hydrogen) atoms. The summed E-state index contributed by atoms with van der Waals surface area (Å²) in [6.45, 7) is 5.46. The van der Waals surface area contributed by atoms with Crippen LogP contribution in [0.25, 0.3) is 0 Å². The molecule has 3 rings (SSSR count). The van der Waals surface area contributed by atoms with Crippen molar-refractivity contribution in [2.75, 3.05) is 11.9 Å². The highest BCUT2D eigenvalue weighted by atomic mass is 16.5. The molecule has 0 bridgehead atoms. The first-order valence-corrected chi connectivity index (χ1v) is 8.52. The van der Waals surface area contributed by atoms with Crippen LogP contribution >= 0.6 is 0 Å². The van der Waals surface area contributed by atoms with Crippen molar-refractivity contribution in [3.05, 3.63) is 59.2 Å². The van der Waals surface area contributed by atoms with Crippen molar-refractivity contribution in [1.29, 1.82) is 0 Å². The van der Waals surface area contributed by atoms with Gasteiger partial charge in [-0.3, -0.25) is 14.9 Å². The van der Waals surface area contributed by atoms with Crippen molar-refractivity contribution in [1.82, 2.24) is 10.6 Å². The Kier molecular flexibility index (Phi) is 4.85. The van der Waals surface area contributed by atoms with Crippen molar-refractivity contribution < 1.29 is 19.1 Å². The molecule has 0 saturated carbocycles. The van der Waals surface area contributed by atoms with Crippen LogP contribution in [-0.2, 0) is 15.1 Å². The first kappa shape index (κ1) is 18.4. The van der Waals surface area contributed by atoms with Crippen LogP contribution in [0.15, 0.2) is 42.5 Å². The maximum Gasteiger partial charge on any atom is 0.322 e. The van der Waals surface area contributed by atoms with Crippen molar-refractivity contribution in [2.24, 2.45) is 0 Å². The van der Waals surface area contributed by atoms with E-state index in [1.165, 1.54) is 0 Å². The molecule has 7 heteroatoms. The second kappa shape index (κ2) is 7.11. The molecule has 1 atom stereocenters. The zero-order chi connectivity index (χ0) is 19.6. The number of amides is 4. The summed E-state index contributed by atoms with van der Waals surface area (Å²) in [6.07, 6.45) is 0. The summed E-state index contributed by atoms with van der Waals surface area (Å²) in [5.74, 6) is -0.135. The van der Waals surface area contributed by atoms with Crippen molar-refractivity contribution in [3.8, 4) is 5.75 Å². The number of anilines is 1. The molecule has 1 fully saturated rings. The number of imide groups is 1. The Bertz CT molecular complexity index is 925. The van der Waals surface area contributed by atoms with Gasteiger partial charge in [-0.1, -0.05) is 18.2 Å². The Labute approximate surface area is 157 Å². The van der Waals surface area contributed by atoms with E-state index >= 15 is 0 Å². The molecule has 140 valence electrons. The Morgan fingerprint density at radius 2 is 1.89 bits per heavy atom. The number of rotatable bonds is 5. The van der Waals surface area contributed by atoms with Crippen molar-refractivity contribution >= 4 is 23.5 Å². The Morgan fingerprint density at radius 3 is 2.56 bits per heavy atom. The monoisotopic (exact) mass is 367 g/mol.